The number of hydrogen-bond donors (Lipinski definition) is 3. The number of amides is 1. The normalized spacial score (nSPS) is 11.3. The van der Waals surface area contributed by atoms with Gasteiger partial charge < -0.3 is 10.3 Å². The van der Waals surface area contributed by atoms with Crippen molar-refractivity contribution in [3.63, 3.8) is 0 Å². The Balaban J connectivity index is 1.24. The highest BCUT2D eigenvalue weighted by Crippen LogP contribution is 2.35. The summed E-state index contributed by atoms with van der Waals surface area (Å²) >= 11 is 1.57. The molecule has 0 atom stereocenters. The molecule has 7 rings (SSSR count). The van der Waals surface area contributed by atoms with E-state index in [1.165, 1.54) is 18.6 Å². The number of fused-ring (bicyclic) bond motifs is 2. The van der Waals surface area contributed by atoms with Crippen molar-refractivity contribution in [2.45, 2.75) is 6.42 Å². The summed E-state index contributed by atoms with van der Waals surface area (Å²) in [5.74, 6) is -0.372. The number of hydrogen-bond acceptors (Lipinski definition) is 7. The molecule has 3 N–H and O–H groups in total. The molecule has 11 heteroatoms. The van der Waals surface area contributed by atoms with Gasteiger partial charge in [0.05, 0.1) is 45.8 Å². The quantitative estimate of drug-likeness (QED) is 0.235. The Labute approximate surface area is 230 Å². The Kier molecular flexibility index (Phi) is 5.82. The fourth-order valence-corrected chi connectivity index (χ4v) is 5.34. The van der Waals surface area contributed by atoms with Crippen LogP contribution in [-0.4, -0.2) is 41.0 Å². The van der Waals surface area contributed by atoms with Crippen LogP contribution in [0.5, 0.6) is 0 Å². The summed E-state index contributed by atoms with van der Waals surface area (Å²) in [5, 5.41) is 12.3. The van der Waals surface area contributed by atoms with E-state index < -0.39 is 5.82 Å². The Morgan fingerprint density at radius 3 is 2.70 bits per heavy atom. The summed E-state index contributed by atoms with van der Waals surface area (Å²) in [7, 11) is 0. The molecule has 0 fully saturated rings. The van der Waals surface area contributed by atoms with Crippen LogP contribution in [-0.2, 0) is 11.2 Å². The number of carbonyl (C=O) groups excluding carboxylic acids is 1. The smallest absolute Gasteiger partial charge is 0.228 e. The second-order valence-electron chi connectivity index (χ2n) is 9.07. The first kappa shape index (κ1) is 23.8. The van der Waals surface area contributed by atoms with Gasteiger partial charge in [-0.05, 0) is 29.1 Å². The molecule has 0 bridgehead atoms. The summed E-state index contributed by atoms with van der Waals surface area (Å²) in [4.78, 5) is 34.6. The molecule has 194 valence electrons. The number of pyridine rings is 3. The molecule has 9 nitrogen and oxygen atoms in total. The van der Waals surface area contributed by atoms with E-state index in [0.29, 0.717) is 33.8 Å². The zero-order valence-electron chi connectivity index (χ0n) is 20.7. The number of halogens is 1. The van der Waals surface area contributed by atoms with Gasteiger partial charge in [0, 0.05) is 18.0 Å². The molecule has 0 aliphatic heterocycles. The summed E-state index contributed by atoms with van der Waals surface area (Å²) in [6.45, 7) is 0. The zero-order valence-corrected chi connectivity index (χ0v) is 21.5. The lowest BCUT2D eigenvalue weighted by Crippen LogP contribution is -2.14. The van der Waals surface area contributed by atoms with Crippen LogP contribution >= 0.6 is 11.3 Å². The van der Waals surface area contributed by atoms with Crippen molar-refractivity contribution in [3.05, 3.63) is 96.1 Å². The predicted octanol–water partition coefficient (Wildman–Crippen LogP) is 6.01. The first-order valence-corrected chi connectivity index (χ1v) is 13.2. The van der Waals surface area contributed by atoms with Gasteiger partial charge in [-0.15, -0.1) is 11.3 Å². The molecule has 40 heavy (non-hydrogen) atoms. The van der Waals surface area contributed by atoms with Crippen molar-refractivity contribution < 1.29 is 9.18 Å². The average molecular weight is 547 g/mol. The standard InChI is InChI=1S/C29H19FN8OS/c30-24-23-20(37-38-28(23)29-35-19-8-9-32-27(26(19)36-29)21-7-4-10-40-21)15-33-25(24)17-12-18(14-31-13-17)34-22(39)11-16-5-2-1-3-6-16/h1-10,12-15H,11H2,(H,34,39)(H,35,36)(H,37,38). The molecule has 0 aliphatic carbocycles. The van der Waals surface area contributed by atoms with E-state index in [2.05, 4.69) is 35.5 Å². The summed E-state index contributed by atoms with van der Waals surface area (Å²) in [6.07, 6.45) is 6.46. The first-order chi connectivity index (χ1) is 19.6. The Bertz CT molecular complexity index is 2000. The second-order valence-corrected chi connectivity index (χ2v) is 10.0. The van der Waals surface area contributed by atoms with Crippen LogP contribution in [0.4, 0.5) is 10.1 Å². The second kappa shape index (κ2) is 9.79. The van der Waals surface area contributed by atoms with Crippen LogP contribution in [0.15, 0.2) is 84.8 Å². The summed E-state index contributed by atoms with van der Waals surface area (Å²) in [5.41, 5.74) is 4.76. The maximum Gasteiger partial charge on any atom is 0.228 e. The summed E-state index contributed by atoms with van der Waals surface area (Å²) < 4.78 is 16.1. The van der Waals surface area contributed by atoms with Crippen molar-refractivity contribution in [2.75, 3.05) is 5.32 Å². The number of anilines is 1. The highest BCUT2D eigenvalue weighted by molar-refractivity contribution is 7.13. The molecule has 7 aromatic rings. The minimum atomic E-state index is -0.576. The number of H-pyrrole nitrogens is 2. The van der Waals surface area contributed by atoms with Crippen molar-refractivity contribution in [2.24, 2.45) is 0 Å². The van der Waals surface area contributed by atoms with Gasteiger partial charge in [0.2, 0.25) is 5.91 Å². The first-order valence-electron chi connectivity index (χ1n) is 12.3. The third-order valence-electron chi connectivity index (χ3n) is 6.43. The van der Waals surface area contributed by atoms with Crippen LogP contribution in [0, 0.1) is 5.82 Å². The van der Waals surface area contributed by atoms with Crippen LogP contribution in [0.25, 0.3) is 55.3 Å². The van der Waals surface area contributed by atoms with Gasteiger partial charge in [-0.25, -0.2) is 9.37 Å². The number of thiophene rings is 1. The number of rotatable bonds is 6. The lowest BCUT2D eigenvalue weighted by molar-refractivity contribution is -0.115. The van der Waals surface area contributed by atoms with E-state index in [4.69, 9.17) is 4.98 Å². The van der Waals surface area contributed by atoms with Gasteiger partial charge >= 0.3 is 0 Å². The molecule has 0 spiro atoms. The molecule has 0 saturated carbocycles. The monoisotopic (exact) mass is 546 g/mol. The Morgan fingerprint density at radius 2 is 1.85 bits per heavy atom. The Morgan fingerprint density at radius 1 is 0.950 bits per heavy atom. The van der Waals surface area contributed by atoms with Crippen molar-refractivity contribution in [3.8, 4) is 33.3 Å². The van der Waals surface area contributed by atoms with Crippen LogP contribution in [0.2, 0.25) is 0 Å². The third kappa shape index (κ3) is 4.28. The van der Waals surface area contributed by atoms with E-state index in [-0.39, 0.29) is 23.4 Å². The van der Waals surface area contributed by atoms with Gasteiger partial charge in [0.25, 0.3) is 0 Å². The number of aromatic nitrogens is 7. The molecule has 0 unspecified atom stereocenters. The van der Waals surface area contributed by atoms with Gasteiger partial charge in [-0.2, -0.15) is 5.10 Å². The topological polar surface area (TPSA) is 125 Å². The molecule has 1 aromatic carbocycles. The molecule has 0 saturated heterocycles. The van der Waals surface area contributed by atoms with E-state index in [1.807, 2.05) is 53.9 Å². The number of nitrogens with one attached hydrogen (secondary N) is 3. The van der Waals surface area contributed by atoms with Crippen molar-refractivity contribution in [1.29, 1.82) is 0 Å². The van der Waals surface area contributed by atoms with Crippen LogP contribution in [0.1, 0.15) is 5.56 Å². The van der Waals surface area contributed by atoms with Crippen LogP contribution in [0.3, 0.4) is 0 Å². The highest BCUT2D eigenvalue weighted by atomic mass is 32.1. The molecule has 0 aliphatic rings. The van der Waals surface area contributed by atoms with Gasteiger partial charge in [-0.3, -0.25) is 24.8 Å². The molecule has 6 heterocycles. The van der Waals surface area contributed by atoms with E-state index in [9.17, 15) is 4.79 Å². The average Bonchev–Trinajstić information content (AvgIpc) is 3.73. The van der Waals surface area contributed by atoms with Gasteiger partial charge in [0.1, 0.15) is 22.6 Å². The third-order valence-corrected chi connectivity index (χ3v) is 7.30. The molecule has 0 radical (unpaired) electrons. The molecular formula is C29H19FN8OS. The number of carbonyl (C=O) groups is 1. The number of aromatic amines is 2. The zero-order chi connectivity index (χ0) is 27.1. The number of benzene rings is 1. The van der Waals surface area contributed by atoms with E-state index >= 15 is 4.39 Å². The highest BCUT2D eigenvalue weighted by Gasteiger charge is 2.22. The number of nitrogens with zero attached hydrogens (tertiary/aromatic N) is 5. The minimum absolute atomic E-state index is 0.0823. The van der Waals surface area contributed by atoms with Crippen LogP contribution < -0.4 is 5.32 Å². The molecular weight excluding hydrogens is 527 g/mol. The maximum absolute atomic E-state index is 16.1. The van der Waals surface area contributed by atoms with E-state index in [1.54, 1.807) is 23.6 Å². The fraction of sp³-hybridized carbons (Fsp3) is 0.0345. The fourth-order valence-electron chi connectivity index (χ4n) is 4.61. The van der Waals surface area contributed by atoms with Gasteiger partial charge in [-0.1, -0.05) is 36.4 Å². The van der Waals surface area contributed by atoms with Crippen molar-refractivity contribution in [1.82, 2.24) is 35.1 Å². The summed E-state index contributed by atoms with van der Waals surface area (Å²) in [6, 6.07) is 16.8. The Hall–Kier alpha value is -5.29. The van der Waals surface area contributed by atoms with Gasteiger partial charge in [0.15, 0.2) is 11.6 Å². The lowest BCUT2D eigenvalue weighted by Gasteiger charge is -2.08. The van der Waals surface area contributed by atoms with Crippen molar-refractivity contribution >= 4 is 44.9 Å². The lowest BCUT2D eigenvalue weighted by atomic mass is 10.1. The molecule has 1 amide bonds. The van der Waals surface area contributed by atoms with E-state index in [0.717, 1.165) is 21.7 Å². The maximum atomic E-state index is 16.1. The largest absolute Gasteiger partial charge is 0.336 e. The predicted molar refractivity (Wildman–Crippen MR) is 152 cm³/mol. The molecule has 6 aromatic heterocycles. The SMILES string of the molecule is O=C(Cc1ccccc1)Nc1cncc(-c2ncc3[nH]nc(-c4nc5c(-c6cccs6)nccc5[nH]4)c3c2F)c1. The minimum Gasteiger partial charge on any atom is -0.336 e. The number of imidazole rings is 1.